The van der Waals surface area contributed by atoms with Gasteiger partial charge < -0.3 is 4.90 Å². The van der Waals surface area contributed by atoms with Gasteiger partial charge in [-0.15, -0.1) is 0 Å². The van der Waals surface area contributed by atoms with Crippen molar-refractivity contribution in [3.05, 3.63) is 52.1 Å². The number of fused-ring (bicyclic) bond motifs is 1. The van der Waals surface area contributed by atoms with Crippen LogP contribution < -0.4 is 4.90 Å². The van der Waals surface area contributed by atoms with Crippen LogP contribution in [0.3, 0.4) is 0 Å². The number of hydrogen-bond acceptors (Lipinski definition) is 2. The molecular formula is C18H16Cl2F3N3. The van der Waals surface area contributed by atoms with E-state index in [-0.39, 0.29) is 15.7 Å². The number of benzene rings is 2. The molecular weight excluding hydrogens is 386 g/mol. The molecule has 0 N–H and O–H groups in total. The predicted octanol–water partition coefficient (Wildman–Crippen LogP) is 6.20. The molecule has 26 heavy (non-hydrogen) atoms. The Labute approximate surface area is 158 Å². The molecule has 138 valence electrons. The number of hydrogen-bond donors (Lipinski definition) is 0. The standard InChI is InChI=1S/C18H16Cl2F3N3/c1-3-25(4-2)13-6-5-11-10-24-26(16(11)9-13)17-14(19)7-12(8-15(17)20)18(21,22)23/h5-10H,3-4H2,1-2H3. The summed E-state index contributed by atoms with van der Waals surface area (Å²) >= 11 is 12.3. The van der Waals surface area contributed by atoms with Crippen molar-refractivity contribution in [2.24, 2.45) is 0 Å². The van der Waals surface area contributed by atoms with Crippen LogP contribution in [-0.4, -0.2) is 22.9 Å². The van der Waals surface area contributed by atoms with E-state index in [2.05, 4.69) is 23.8 Å². The number of rotatable bonds is 4. The minimum atomic E-state index is -4.52. The molecule has 0 amide bonds. The summed E-state index contributed by atoms with van der Waals surface area (Å²) in [6.07, 6.45) is -2.89. The Morgan fingerprint density at radius 2 is 1.65 bits per heavy atom. The van der Waals surface area contributed by atoms with E-state index >= 15 is 0 Å². The summed E-state index contributed by atoms with van der Waals surface area (Å²) in [5, 5.41) is 4.90. The fraction of sp³-hybridized carbons (Fsp3) is 0.278. The van der Waals surface area contributed by atoms with Crippen LogP contribution in [0.25, 0.3) is 16.6 Å². The highest BCUT2D eigenvalue weighted by Gasteiger charge is 2.32. The summed E-state index contributed by atoms with van der Waals surface area (Å²) in [4.78, 5) is 2.16. The van der Waals surface area contributed by atoms with E-state index in [1.807, 2.05) is 18.2 Å². The van der Waals surface area contributed by atoms with E-state index in [1.54, 1.807) is 6.20 Å². The smallest absolute Gasteiger partial charge is 0.372 e. The van der Waals surface area contributed by atoms with E-state index in [9.17, 15) is 13.2 Å². The molecule has 0 spiro atoms. The molecule has 0 saturated heterocycles. The number of nitrogens with zero attached hydrogens (tertiary/aromatic N) is 3. The molecule has 1 aromatic heterocycles. The topological polar surface area (TPSA) is 21.1 Å². The molecule has 0 bridgehead atoms. The molecule has 8 heteroatoms. The van der Waals surface area contributed by atoms with Crippen molar-refractivity contribution in [3.8, 4) is 5.69 Å². The van der Waals surface area contributed by atoms with Gasteiger partial charge in [-0.1, -0.05) is 23.2 Å². The maximum absolute atomic E-state index is 12.9. The van der Waals surface area contributed by atoms with Crippen LogP contribution in [0, 0.1) is 0 Å². The van der Waals surface area contributed by atoms with Crippen molar-refractivity contribution in [3.63, 3.8) is 0 Å². The number of anilines is 1. The second-order valence-corrected chi connectivity index (χ2v) is 6.57. The first-order chi connectivity index (χ1) is 12.3. The first-order valence-electron chi connectivity index (χ1n) is 8.05. The lowest BCUT2D eigenvalue weighted by Crippen LogP contribution is -2.21. The molecule has 0 unspecified atom stereocenters. The fourth-order valence-corrected chi connectivity index (χ4v) is 3.55. The van der Waals surface area contributed by atoms with E-state index in [4.69, 9.17) is 23.2 Å². The van der Waals surface area contributed by atoms with Crippen molar-refractivity contribution in [1.29, 1.82) is 0 Å². The minimum Gasteiger partial charge on any atom is -0.372 e. The van der Waals surface area contributed by atoms with Gasteiger partial charge in [0.25, 0.3) is 0 Å². The number of aromatic nitrogens is 2. The quantitative estimate of drug-likeness (QED) is 0.518. The van der Waals surface area contributed by atoms with Crippen LogP contribution in [0.1, 0.15) is 19.4 Å². The van der Waals surface area contributed by atoms with Gasteiger partial charge in [-0.05, 0) is 44.2 Å². The first-order valence-corrected chi connectivity index (χ1v) is 8.81. The first kappa shape index (κ1) is 18.9. The van der Waals surface area contributed by atoms with Gasteiger partial charge >= 0.3 is 6.18 Å². The Morgan fingerprint density at radius 3 is 2.19 bits per heavy atom. The second-order valence-electron chi connectivity index (χ2n) is 5.76. The van der Waals surface area contributed by atoms with Gasteiger partial charge in [0.15, 0.2) is 0 Å². The molecule has 1 heterocycles. The van der Waals surface area contributed by atoms with Crippen LogP contribution in [0.4, 0.5) is 18.9 Å². The molecule has 2 aromatic carbocycles. The Morgan fingerprint density at radius 1 is 1.04 bits per heavy atom. The van der Waals surface area contributed by atoms with E-state index < -0.39 is 11.7 Å². The van der Waals surface area contributed by atoms with Crippen molar-refractivity contribution in [2.75, 3.05) is 18.0 Å². The zero-order valence-electron chi connectivity index (χ0n) is 14.1. The molecule has 3 aromatic rings. The Bertz CT molecular complexity index is 923. The molecule has 0 aliphatic carbocycles. The van der Waals surface area contributed by atoms with E-state index in [0.717, 1.165) is 41.8 Å². The largest absolute Gasteiger partial charge is 0.416 e. The zero-order valence-corrected chi connectivity index (χ0v) is 15.6. The van der Waals surface area contributed by atoms with Gasteiger partial charge in [0.2, 0.25) is 0 Å². The Kier molecular flexibility index (Phi) is 5.08. The highest BCUT2D eigenvalue weighted by molar-refractivity contribution is 6.38. The summed E-state index contributed by atoms with van der Waals surface area (Å²) in [6.45, 7) is 5.76. The van der Waals surface area contributed by atoms with Gasteiger partial charge in [-0.3, -0.25) is 0 Å². The maximum Gasteiger partial charge on any atom is 0.416 e. The lowest BCUT2D eigenvalue weighted by molar-refractivity contribution is -0.137. The molecule has 0 aliphatic heterocycles. The van der Waals surface area contributed by atoms with Gasteiger partial charge in [0.1, 0.15) is 5.69 Å². The third kappa shape index (κ3) is 3.35. The van der Waals surface area contributed by atoms with Crippen molar-refractivity contribution in [2.45, 2.75) is 20.0 Å². The maximum atomic E-state index is 12.9. The molecule has 0 aliphatic rings. The molecule has 3 nitrogen and oxygen atoms in total. The third-order valence-electron chi connectivity index (χ3n) is 4.24. The van der Waals surface area contributed by atoms with Crippen LogP contribution in [0.15, 0.2) is 36.5 Å². The van der Waals surface area contributed by atoms with Gasteiger partial charge in [0.05, 0.1) is 27.3 Å². The molecule has 0 atom stereocenters. The van der Waals surface area contributed by atoms with E-state index in [1.165, 1.54) is 4.68 Å². The van der Waals surface area contributed by atoms with Gasteiger partial charge in [-0.25, -0.2) is 4.68 Å². The number of alkyl halides is 3. The normalized spacial score (nSPS) is 12.0. The zero-order chi connectivity index (χ0) is 19.1. The average molecular weight is 402 g/mol. The monoisotopic (exact) mass is 401 g/mol. The average Bonchev–Trinajstić information content (AvgIpc) is 2.98. The Balaban J connectivity index is 2.18. The second kappa shape index (κ2) is 7.00. The van der Waals surface area contributed by atoms with Crippen LogP contribution in [-0.2, 0) is 6.18 Å². The molecule has 3 rings (SSSR count). The summed E-state index contributed by atoms with van der Waals surface area (Å²) in [5.74, 6) is 0. The number of halogens is 5. The van der Waals surface area contributed by atoms with Crippen LogP contribution in [0.2, 0.25) is 10.0 Å². The van der Waals surface area contributed by atoms with E-state index in [0.29, 0.717) is 0 Å². The van der Waals surface area contributed by atoms with Crippen molar-refractivity contribution >= 4 is 39.8 Å². The fourth-order valence-electron chi connectivity index (χ4n) is 2.90. The highest BCUT2D eigenvalue weighted by atomic mass is 35.5. The van der Waals surface area contributed by atoms with Gasteiger partial charge in [-0.2, -0.15) is 18.3 Å². The van der Waals surface area contributed by atoms with Crippen LogP contribution >= 0.6 is 23.2 Å². The predicted molar refractivity (Wildman–Crippen MR) is 99.7 cm³/mol. The summed E-state index contributed by atoms with van der Waals surface area (Å²) in [5.41, 5.74) is 1.05. The molecule has 0 saturated carbocycles. The molecule has 0 radical (unpaired) electrons. The third-order valence-corrected chi connectivity index (χ3v) is 4.82. The minimum absolute atomic E-state index is 0.108. The molecule has 0 fully saturated rings. The lowest BCUT2D eigenvalue weighted by atomic mass is 10.2. The van der Waals surface area contributed by atoms with Crippen LogP contribution in [0.5, 0.6) is 0 Å². The lowest BCUT2D eigenvalue weighted by Gasteiger charge is -2.21. The Hall–Kier alpha value is -1.92. The SMILES string of the molecule is CCN(CC)c1ccc2cnn(-c3c(Cl)cc(C(F)(F)F)cc3Cl)c2c1. The summed E-state index contributed by atoms with van der Waals surface area (Å²) < 4.78 is 40.3. The summed E-state index contributed by atoms with van der Waals surface area (Å²) in [6, 6.07) is 7.56. The van der Waals surface area contributed by atoms with Crippen molar-refractivity contribution < 1.29 is 13.2 Å². The van der Waals surface area contributed by atoms with Gasteiger partial charge in [0, 0.05) is 24.2 Å². The van der Waals surface area contributed by atoms with Crippen molar-refractivity contribution in [1.82, 2.24) is 9.78 Å². The summed E-state index contributed by atoms with van der Waals surface area (Å²) in [7, 11) is 0. The highest BCUT2D eigenvalue weighted by Crippen LogP contribution is 2.38.